The first-order valence-electron chi connectivity index (χ1n) is 5.46. The molecule has 0 radical (unpaired) electrons. The zero-order chi connectivity index (χ0) is 12.4. The summed E-state index contributed by atoms with van der Waals surface area (Å²) >= 11 is 5.88. The van der Waals surface area contributed by atoms with Gasteiger partial charge in [0.1, 0.15) is 0 Å². The first-order chi connectivity index (χ1) is 8.13. The van der Waals surface area contributed by atoms with Crippen molar-refractivity contribution in [1.82, 2.24) is 4.57 Å². The first-order valence-corrected chi connectivity index (χ1v) is 5.84. The average molecular weight is 254 g/mol. The third kappa shape index (κ3) is 2.26. The lowest BCUT2D eigenvalue weighted by Gasteiger charge is -2.07. The summed E-state index contributed by atoms with van der Waals surface area (Å²) in [5.41, 5.74) is -0.0818. The smallest absolute Gasteiger partial charge is 0.372 e. The molecule has 1 aromatic carbocycles. The van der Waals surface area contributed by atoms with Gasteiger partial charge in [0.05, 0.1) is 10.9 Å². The molecule has 1 aromatic heterocycles. The molecular weight excluding hydrogens is 242 g/mol. The van der Waals surface area contributed by atoms with Gasteiger partial charge < -0.3 is 4.42 Å². The van der Waals surface area contributed by atoms with E-state index in [-0.39, 0.29) is 0 Å². The van der Waals surface area contributed by atoms with Gasteiger partial charge in [-0.1, -0.05) is 24.9 Å². The van der Waals surface area contributed by atoms with Crippen LogP contribution in [0, 0.1) is 0 Å². The molecule has 0 saturated carbocycles. The summed E-state index contributed by atoms with van der Waals surface area (Å²) in [7, 11) is 0. The van der Waals surface area contributed by atoms with Gasteiger partial charge in [-0.2, -0.15) is 0 Å². The zero-order valence-corrected chi connectivity index (χ0v) is 10.2. The highest BCUT2D eigenvalue weighted by Gasteiger charge is 2.09. The Morgan fingerprint density at radius 3 is 2.82 bits per heavy atom. The molecule has 0 aliphatic heterocycles. The number of nitrogens with zero attached hydrogens (tertiary/aromatic N) is 1. The van der Waals surface area contributed by atoms with Crippen LogP contribution < -0.4 is 11.4 Å². The minimum absolute atomic E-state index is 0.380. The van der Waals surface area contributed by atoms with Crippen molar-refractivity contribution in [2.45, 2.75) is 26.3 Å². The second-order valence-electron chi connectivity index (χ2n) is 3.82. The number of unbranched alkanes of at least 4 members (excludes halogenated alkanes) is 1. The quantitative estimate of drug-likeness (QED) is 0.844. The maximum absolute atomic E-state index is 11.6. The van der Waals surface area contributed by atoms with Crippen LogP contribution in [0.5, 0.6) is 0 Å². The van der Waals surface area contributed by atoms with Crippen LogP contribution >= 0.6 is 11.6 Å². The van der Waals surface area contributed by atoms with Gasteiger partial charge in [-0.3, -0.25) is 4.57 Å². The largest absolute Gasteiger partial charge is 0.422 e. The fourth-order valence-electron chi connectivity index (χ4n) is 1.72. The maximum atomic E-state index is 11.6. The predicted molar refractivity (Wildman–Crippen MR) is 66.7 cm³/mol. The Bertz CT molecular complexity index is 657. The van der Waals surface area contributed by atoms with Crippen LogP contribution in [0.25, 0.3) is 10.9 Å². The van der Waals surface area contributed by atoms with Crippen LogP contribution in [0.2, 0.25) is 5.02 Å². The van der Waals surface area contributed by atoms with Gasteiger partial charge in [-0.05, 0) is 24.6 Å². The molecular formula is C12H12ClNO3. The summed E-state index contributed by atoms with van der Waals surface area (Å²) in [5, 5.41) is 0.873. The van der Waals surface area contributed by atoms with Gasteiger partial charge >= 0.3 is 11.4 Å². The van der Waals surface area contributed by atoms with Gasteiger partial charge in [0.25, 0.3) is 0 Å². The zero-order valence-electron chi connectivity index (χ0n) is 9.40. The van der Waals surface area contributed by atoms with Crippen molar-refractivity contribution in [1.29, 1.82) is 0 Å². The minimum atomic E-state index is -0.627. The number of aryl methyl sites for hydroxylation is 1. The Labute approximate surface area is 102 Å². The number of rotatable bonds is 3. The summed E-state index contributed by atoms with van der Waals surface area (Å²) in [6, 6.07) is 4.80. The molecule has 0 bridgehead atoms. The summed E-state index contributed by atoms with van der Waals surface area (Å²) in [5.74, 6) is -0.627. The van der Waals surface area contributed by atoms with E-state index < -0.39 is 11.4 Å². The van der Waals surface area contributed by atoms with Crippen LogP contribution in [0.15, 0.2) is 32.2 Å². The molecule has 0 atom stereocenters. The van der Waals surface area contributed by atoms with E-state index in [0.717, 1.165) is 12.8 Å². The number of aromatic nitrogens is 1. The molecule has 0 N–H and O–H groups in total. The van der Waals surface area contributed by atoms with E-state index in [1.807, 2.05) is 6.92 Å². The Balaban J connectivity index is 2.76. The Kier molecular flexibility index (Phi) is 3.33. The van der Waals surface area contributed by atoms with Crippen molar-refractivity contribution in [2.75, 3.05) is 0 Å². The molecule has 2 rings (SSSR count). The molecule has 0 aliphatic carbocycles. The lowest BCUT2D eigenvalue weighted by Crippen LogP contribution is -2.25. The SMILES string of the molecule is CCCCn1c(=O)oc(=O)c2ccc(Cl)cc21. The van der Waals surface area contributed by atoms with Crippen molar-refractivity contribution >= 4 is 22.5 Å². The summed E-state index contributed by atoms with van der Waals surface area (Å²) in [6.45, 7) is 2.55. The van der Waals surface area contributed by atoms with E-state index in [0.29, 0.717) is 22.5 Å². The van der Waals surface area contributed by atoms with Crippen LogP contribution in [-0.2, 0) is 6.54 Å². The van der Waals surface area contributed by atoms with E-state index >= 15 is 0 Å². The van der Waals surface area contributed by atoms with Crippen molar-refractivity contribution < 1.29 is 4.42 Å². The van der Waals surface area contributed by atoms with Crippen molar-refractivity contribution in [3.8, 4) is 0 Å². The van der Waals surface area contributed by atoms with E-state index in [9.17, 15) is 9.59 Å². The molecule has 0 unspecified atom stereocenters. The molecule has 0 spiro atoms. The molecule has 4 nitrogen and oxygen atoms in total. The summed E-state index contributed by atoms with van der Waals surface area (Å²) in [4.78, 5) is 23.1. The van der Waals surface area contributed by atoms with E-state index in [2.05, 4.69) is 4.42 Å². The molecule has 5 heteroatoms. The lowest BCUT2D eigenvalue weighted by molar-refractivity contribution is 0.412. The second-order valence-corrected chi connectivity index (χ2v) is 4.26. The van der Waals surface area contributed by atoms with Crippen LogP contribution in [0.1, 0.15) is 19.8 Å². The van der Waals surface area contributed by atoms with Gasteiger partial charge in [0.2, 0.25) is 0 Å². The summed E-state index contributed by atoms with van der Waals surface area (Å²) in [6.07, 6.45) is 1.79. The number of benzene rings is 1. The number of hydrogen-bond donors (Lipinski definition) is 0. The molecule has 0 amide bonds. The molecule has 0 saturated heterocycles. The minimum Gasteiger partial charge on any atom is -0.372 e. The molecule has 0 fully saturated rings. The van der Waals surface area contributed by atoms with E-state index in [1.54, 1.807) is 18.2 Å². The Hall–Kier alpha value is -1.55. The Morgan fingerprint density at radius 2 is 2.12 bits per heavy atom. The topological polar surface area (TPSA) is 52.2 Å². The molecule has 1 heterocycles. The molecule has 0 aliphatic rings. The fourth-order valence-corrected chi connectivity index (χ4v) is 1.88. The third-order valence-electron chi connectivity index (χ3n) is 2.61. The average Bonchev–Trinajstić information content (AvgIpc) is 2.28. The van der Waals surface area contributed by atoms with Crippen LogP contribution in [0.3, 0.4) is 0 Å². The third-order valence-corrected chi connectivity index (χ3v) is 2.84. The fraction of sp³-hybridized carbons (Fsp3) is 0.333. The van der Waals surface area contributed by atoms with Crippen molar-refractivity contribution in [3.05, 3.63) is 44.2 Å². The number of fused-ring (bicyclic) bond motifs is 1. The standard InChI is InChI=1S/C12H12ClNO3/c1-2-3-6-14-10-7-8(13)4-5-9(10)11(15)17-12(14)16/h4-5,7H,2-3,6H2,1H3. The maximum Gasteiger partial charge on any atom is 0.422 e. The normalized spacial score (nSPS) is 10.9. The molecule has 17 heavy (non-hydrogen) atoms. The lowest BCUT2D eigenvalue weighted by atomic mass is 10.2. The Morgan fingerprint density at radius 1 is 1.35 bits per heavy atom. The predicted octanol–water partition coefficient (Wildman–Crippen LogP) is 2.41. The highest BCUT2D eigenvalue weighted by atomic mass is 35.5. The second kappa shape index (κ2) is 4.75. The van der Waals surface area contributed by atoms with E-state index in [1.165, 1.54) is 4.57 Å². The number of halogens is 1. The first kappa shape index (κ1) is 11.9. The van der Waals surface area contributed by atoms with Gasteiger partial charge in [-0.25, -0.2) is 9.59 Å². The van der Waals surface area contributed by atoms with Crippen molar-refractivity contribution in [2.24, 2.45) is 0 Å². The van der Waals surface area contributed by atoms with E-state index in [4.69, 9.17) is 11.6 Å². The monoisotopic (exact) mass is 253 g/mol. The molecule has 2 aromatic rings. The van der Waals surface area contributed by atoms with Gasteiger partial charge in [0.15, 0.2) is 0 Å². The van der Waals surface area contributed by atoms with Gasteiger partial charge in [0, 0.05) is 11.6 Å². The molecule has 90 valence electrons. The van der Waals surface area contributed by atoms with Gasteiger partial charge in [-0.15, -0.1) is 0 Å². The highest BCUT2D eigenvalue weighted by Crippen LogP contribution is 2.15. The van der Waals surface area contributed by atoms with Crippen molar-refractivity contribution in [3.63, 3.8) is 0 Å². The van der Waals surface area contributed by atoms with Crippen LogP contribution in [-0.4, -0.2) is 4.57 Å². The highest BCUT2D eigenvalue weighted by molar-refractivity contribution is 6.31. The summed E-state index contributed by atoms with van der Waals surface area (Å²) < 4.78 is 6.12. The van der Waals surface area contributed by atoms with Crippen LogP contribution in [0.4, 0.5) is 0 Å². The number of hydrogen-bond acceptors (Lipinski definition) is 3.